The van der Waals surface area contributed by atoms with Gasteiger partial charge >= 0.3 is 6.09 Å². The normalized spacial score (nSPS) is 12.3. The summed E-state index contributed by atoms with van der Waals surface area (Å²) in [6.07, 6.45) is -1.41. The van der Waals surface area contributed by atoms with Crippen LogP contribution in [0.15, 0.2) is 16.6 Å². The van der Waals surface area contributed by atoms with E-state index in [1.165, 1.54) is 6.07 Å². The van der Waals surface area contributed by atoms with Crippen molar-refractivity contribution in [3.05, 3.63) is 22.2 Å². The number of carboxylic acid groups (broad SMARTS) is 1. The first-order valence-electron chi connectivity index (χ1n) is 4.22. The number of amides is 2. The lowest BCUT2D eigenvalue weighted by Gasteiger charge is -2.05. The largest absolute Gasteiger partial charge is 0.465 e. The Morgan fingerprint density at radius 3 is 2.81 bits per heavy atom. The molecule has 0 spiro atoms. The van der Waals surface area contributed by atoms with Crippen LogP contribution in [0.4, 0.5) is 4.79 Å². The van der Waals surface area contributed by atoms with Gasteiger partial charge in [-0.2, -0.15) is 0 Å². The molecule has 2 N–H and O–H groups in total. The van der Waals surface area contributed by atoms with E-state index in [2.05, 4.69) is 15.9 Å². The maximum Gasteiger partial charge on any atom is 0.411 e. The molecule has 0 aliphatic carbocycles. The highest BCUT2D eigenvalue weighted by atomic mass is 79.9. The standard InChI is InChI=1S/C9H6BrNO5/c10-6-4(8(12)11-9(13)14)1-2-5-7(6)16-3-15-5/h1-2H,3H2,(H,11,12)(H,13,14). The van der Waals surface area contributed by atoms with Crippen LogP contribution >= 0.6 is 15.9 Å². The summed E-state index contributed by atoms with van der Waals surface area (Å²) in [5, 5.41) is 10.2. The van der Waals surface area contributed by atoms with Crippen molar-refractivity contribution < 1.29 is 24.2 Å². The van der Waals surface area contributed by atoms with Crippen LogP contribution in [0.5, 0.6) is 11.5 Å². The number of hydrogen-bond acceptors (Lipinski definition) is 4. The Kier molecular flexibility index (Phi) is 2.69. The van der Waals surface area contributed by atoms with Gasteiger partial charge in [0, 0.05) is 0 Å². The van der Waals surface area contributed by atoms with Gasteiger partial charge in [0.15, 0.2) is 11.5 Å². The molecule has 0 radical (unpaired) electrons. The number of rotatable bonds is 1. The second kappa shape index (κ2) is 4.01. The predicted molar refractivity (Wildman–Crippen MR) is 55.8 cm³/mol. The second-order valence-electron chi connectivity index (χ2n) is 2.92. The van der Waals surface area contributed by atoms with Gasteiger partial charge in [-0.15, -0.1) is 0 Å². The number of fused-ring (bicyclic) bond motifs is 1. The van der Waals surface area contributed by atoms with Crippen LogP contribution in [0.1, 0.15) is 10.4 Å². The van der Waals surface area contributed by atoms with E-state index in [1.54, 1.807) is 11.4 Å². The molecule has 1 aromatic carbocycles. The summed E-state index contributed by atoms with van der Waals surface area (Å²) in [6, 6.07) is 3.00. The van der Waals surface area contributed by atoms with Gasteiger partial charge in [0.2, 0.25) is 6.79 Å². The van der Waals surface area contributed by atoms with Crippen LogP contribution < -0.4 is 14.8 Å². The number of hydrogen-bond donors (Lipinski definition) is 2. The monoisotopic (exact) mass is 287 g/mol. The van der Waals surface area contributed by atoms with Gasteiger partial charge in [0.1, 0.15) is 0 Å². The molecule has 0 fully saturated rings. The molecule has 1 heterocycles. The number of nitrogens with one attached hydrogen (secondary N) is 1. The minimum Gasteiger partial charge on any atom is -0.465 e. The minimum absolute atomic E-state index is 0.0813. The molecule has 2 amide bonds. The van der Waals surface area contributed by atoms with Crippen molar-refractivity contribution in [3.63, 3.8) is 0 Å². The Morgan fingerprint density at radius 1 is 1.38 bits per heavy atom. The van der Waals surface area contributed by atoms with Crippen molar-refractivity contribution in [1.29, 1.82) is 0 Å². The number of carbonyl (C=O) groups excluding carboxylic acids is 1. The van der Waals surface area contributed by atoms with E-state index in [0.29, 0.717) is 16.0 Å². The highest BCUT2D eigenvalue weighted by Crippen LogP contribution is 2.40. The first-order valence-corrected chi connectivity index (χ1v) is 5.01. The number of imide groups is 1. The third kappa shape index (κ3) is 1.81. The third-order valence-electron chi connectivity index (χ3n) is 1.94. The molecule has 7 heteroatoms. The number of halogens is 1. The SMILES string of the molecule is O=C(O)NC(=O)c1ccc2c(c1Br)OCO2. The Labute approximate surface area is 98.3 Å². The molecular weight excluding hydrogens is 282 g/mol. The Morgan fingerprint density at radius 2 is 2.12 bits per heavy atom. The summed E-state index contributed by atoms with van der Waals surface area (Å²) < 4.78 is 10.6. The van der Waals surface area contributed by atoms with Gasteiger partial charge in [0.25, 0.3) is 5.91 Å². The van der Waals surface area contributed by atoms with Crippen molar-refractivity contribution in [2.45, 2.75) is 0 Å². The molecule has 0 atom stereocenters. The molecule has 1 aromatic rings. The van der Waals surface area contributed by atoms with Gasteiger partial charge in [0.05, 0.1) is 10.0 Å². The van der Waals surface area contributed by atoms with Gasteiger partial charge in [-0.05, 0) is 28.1 Å². The Balaban J connectivity index is 2.36. The molecule has 0 saturated carbocycles. The molecule has 0 bridgehead atoms. The molecule has 0 saturated heterocycles. The lowest BCUT2D eigenvalue weighted by molar-refractivity contribution is 0.0946. The zero-order valence-electron chi connectivity index (χ0n) is 7.82. The second-order valence-corrected chi connectivity index (χ2v) is 3.71. The molecule has 2 rings (SSSR count). The fourth-order valence-electron chi connectivity index (χ4n) is 1.28. The smallest absolute Gasteiger partial charge is 0.411 e. The van der Waals surface area contributed by atoms with Gasteiger partial charge < -0.3 is 14.6 Å². The third-order valence-corrected chi connectivity index (χ3v) is 2.73. The fourth-order valence-corrected chi connectivity index (χ4v) is 1.90. The van der Waals surface area contributed by atoms with Gasteiger partial charge in [-0.1, -0.05) is 0 Å². The summed E-state index contributed by atoms with van der Waals surface area (Å²) in [5.74, 6) is 0.189. The number of carbonyl (C=O) groups is 2. The van der Waals surface area contributed by atoms with E-state index in [1.807, 2.05) is 0 Å². The van der Waals surface area contributed by atoms with Crippen LogP contribution in [-0.2, 0) is 0 Å². The summed E-state index contributed by atoms with van der Waals surface area (Å²) >= 11 is 3.16. The Bertz CT molecular complexity index is 473. The van der Waals surface area contributed by atoms with Crippen LogP contribution in [-0.4, -0.2) is 23.9 Å². The molecule has 0 unspecified atom stereocenters. The molecular formula is C9H6BrNO5. The van der Waals surface area contributed by atoms with E-state index in [-0.39, 0.29) is 12.4 Å². The predicted octanol–water partition coefficient (Wildman–Crippen LogP) is 1.59. The van der Waals surface area contributed by atoms with E-state index in [9.17, 15) is 9.59 Å². The quantitative estimate of drug-likeness (QED) is 0.819. The zero-order valence-corrected chi connectivity index (χ0v) is 9.41. The lowest BCUT2D eigenvalue weighted by Crippen LogP contribution is -2.28. The topological polar surface area (TPSA) is 84.9 Å². The maximum atomic E-state index is 11.5. The van der Waals surface area contributed by atoms with Crippen molar-refractivity contribution in [2.24, 2.45) is 0 Å². The highest BCUT2D eigenvalue weighted by molar-refractivity contribution is 9.10. The molecule has 0 aromatic heterocycles. The number of ether oxygens (including phenoxy) is 2. The first kappa shape index (κ1) is 10.7. The average molecular weight is 288 g/mol. The fraction of sp³-hybridized carbons (Fsp3) is 0.111. The molecule has 16 heavy (non-hydrogen) atoms. The molecule has 1 aliphatic rings. The molecule has 6 nitrogen and oxygen atoms in total. The minimum atomic E-state index is -1.41. The van der Waals surface area contributed by atoms with Crippen molar-refractivity contribution in [1.82, 2.24) is 5.32 Å². The number of benzene rings is 1. The average Bonchev–Trinajstić information content (AvgIpc) is 2.65. The van der Waals surface area contributed by atoms with E-state index < -0.39 is 12.0 Å². The lowest BCUT2D eigenvalue weighted by atomic mass is 10.2. The first-order chi connectivity index (χ1) is 7.59. The van der Waals surface area contributed by atoms with Crippen LogP contribution in [0.25, 0.3) is 0 Å². The van der Waals surface area contributed by atoms with E-state index >= 15 is 0 Å². The summed E-state index contributed by atoms with van der Waals surface area (Å²) in [7, 11) is 0. The van der Waals surface area contributed by atoms with Crippen molar-refractivity contribution in [2.75, 3.05) is 6.79 Å². The van der Waals surface area contributed by atoms with E-state index in [4.69, 9.17) is 14.6 Å². The van der Waals surface area contributed by atoms with Crippen LogP contribution in [0.2, 0.25) is 0 Å². The van der Waals surface area contributed by atoms with E-state index in [0.717, 1.165) is 0 Å². The van der Waals surface area contributed by atoms with Crippen molar-refractivity contribution >= 4 is 27.9 Å². The maximum absolute atomic E-state index is 11.5. The molecule has 84 valence electrons. The Hall–Kier alpha value is -1.76. The summed E-state index contributed by atoms with van der Waals surface area (Å²) in [5.41, 5.74) is 0.173. The highest BCUT2D eigenvalue weighted by Gasteiger charge is 2.22. The zero-order chi connectivity index (χ0) is 11.7. The van der Waals surface area contributed by atoms with Crippen LogP contribution in [0, 0.1) is 0 Å². The van der Waals surface area contributed by atoms with Gasteiger partial charge in [-0.25, -0.2) is 4.79 Å². The summed E-state index contributed by atoms with van der Waals surface area (Å²) in [6.45, 7) is 0.0813. The molecule has 1 aliphatic heterocycles. The summed E-state index contributed by atoms with van der Waals surface area (Å²) in [4.78, 5) is 21.8. The van der Waals surface area contributed by atoms with Crippen molar-refractivity contribution in [3.8, 4) is 11.5 Å². The van der Waals surface area contributed by atoms with Gasteiger partial charge in [-0.3, -0.25) is 10.1 Å². The van der Waals surface area contributed by atoms with Crippen LogP contribution in [0.3, 0.4) is 0 Å².